The lowest BCUT2D eigenvalue weighted by Crippen LogP contribution is -2.58. The minimum Gasteiger partial charge on any atom is -0.490 e. The van der Waals surface area contributed by atoms with Gasteiger partial charge in [-0.05, 0) is 19.1 Å². The van der Waals surface area contributed by atoms with Crippen molar-refractivity contribution in [1.82, 2.24) is 0 Å². The Hall–Kier alpha value is -1.51. The van der Waals surface area contributed by atoms with Gasteiger partial charge >= 0.3 is 0 Å². The SMILES string of the molecule is C[C@@H]1O[C@@H](OC2COc3ccccc3C2=O)[C@H](O)[C@H](O)[C@H]1O. The number of fused-ring (bicyclic) bond motifs is 1. The monoisotopic (exact) mass is 310 g/mol. The second kappa shape index (κ2) is 5.94. The molecule has 6 atom stereocenters. The van der Waals surface area contributed by atoms with Crippen LogP contribution in [-0.2, 0) is 9.47 Å². The predicted octanol–water partition coefficient (Wildman–Crippen LogP) is -0.526. The highest BCUT2D eigenvalue weighted by atomic mass is 16.7. The number of hydrogen-bond acceptors (Lipinski definition) is 7. The van der Waals surface area contributed by atoms with E-state index >= 15 is 0 Å². The first-order chi connectivity index (χ1) is 10.5. The minimum atomic E-state index is -1.45. The molecule has 2 heterocycles. The minimum absolute atomic E-state index is 0.00451. The number of ether oxygens (including phenoxy) is 3. The molecule has 0 spiro atoms. The Balaban J connectivity index is 1.73. The summed E-state index contributed by atoms with van der Waals surface area (Å²) >= 11 is 0. The zero-order chi connectivity index (χ0) is 15.9. The molecule has 1 aromatic carbocycles. The molecule has 1 saturated heterocycles. The molecule has 0 radical (unpaired) electrons. The smallest absolute Gasteiger partial charge is 0.198 e. The molecule has 2 aliphatic heterocycles. The van der Waals surface area contributed by atoms with Crippen LogP contribution in [0.5, 0.6) is 5.75 Å². The Bertz CT molecular complexity index is 561. The molecule has 0 amide bonds. The van der Waals surface area contributed by atoms with E-state index in [0.29, 0.717) is 11.3 Å². The third kappa shape index (κ3) is 2.62. The van der Waals surface area contributed by atoms with Gasteiger partial charge in [-0.15, -0.1) is 0 Å². The highest BCUT2D eigenvalue weighted by Crippen LogP contribution is 2.28. The molecule has 0 saturated carbocycles. The molecule has 0 aliphatic carbocycles. The van der Waals surface area contributed by atoms with Crippen molar-refractivity contribution in [3.63, 3.8) is 0 Å². The maximum absolute atomic E-state index is 12.4. The highest BCUT2D eigenvalue weighted by Gasteiger charge is 2.44. The van der Waals surface area contributed by atoms with Crippen LogP contribution in [0.25, 0.3) is 0 Å². The van der Waals surface area contributed by atoms with Crippen molar-refractivity contribution in [2.24, 2.45) is 0 Å². The lowest BCUT2D eigenvalue weighted by molar-refractivity contribution is -0.300. The number of carbonyl (C=O) groups is 1. The summed E-state index contributed by atoms with van der Waals surface area (Å²) in [6.07, 6.45) is -6.94. The van der Waals surface area contributed by atoms with Crippen molar-refractivity contribution < 1.29 is 34.3 Å². The Labute approximate surface area is 127 Å². The van der Waals surface area contributed by atoms with Gasteiger partial charge in [0.25, 0.3) is 0 Å². The molecule has 7 nitrogen and oxygen atoms in total. The molecule has 3 rings (SSSR count). The fourth-order valence-corrected chi connectivity index (χ4v) is 2.60. The summed E-state index contributed by atoms with van der Waals surface area (Å²) in [6, 6.07) is 6.81. The Morgan fingerprint density at radius 2 is 1.86 bits per heavy atom. The number of aliphatic hydroxyl groups excluding tert-OH is 3. The summed E-state index contributed by atoms with van der Waals surface area (Å²) in [7, 11) is 0. The first-order valence-electron chi connectivity index (χ1n) is 7.10. The third-order valence-corrected chi connectivity index (χ3v) is 3.94. The number of para-hydroxylation sites is 1. The van der Waals surface area contributed by atoms with Gasteiger partial charge in [-0.2, -0.15) is 0 Å². The van der Waals surface area contributed by atoms with Crippen LogP contribution in [0.15, 0.2) is 24.3 Å². The van der Waals surface area contributed by atoms with E-state index in [9.17, 15) is 20.1 Å². The first kappa shape index (κ1) is 15.4. The molecule has 1 unspecified atom stereocenters. The van der Waals surface area contributed by atoms with Gasteiger partial charge in [0.05, 0.1) is 11.7 Å². The number of benzene rings is 1. The molecule has 22 heavy (non-hydrogen) atoms. The van der Waals surface area contributed by atoms with E-state index < -0.39 is 36.8 Å². The topological polar surface area (TPSA) is 105 Å². The van der Waals surface area contributed by atoms with Crippen LogP contribution in [-0.4, -0.2) is 64.5 Å². The van der Waals surface area contributed by atoms with Crippen LogP contribution in [0.1, 0.15) is 17.3 Å². The van der Waals surface area contributed by atoms with E-state index in [1.165, 1.54) is 0 Å². The van der Waals surface area contributed by atoms with Crippen LogP contribution in [0.2, 0.25) is 0 Å². The Morgan fingerprint density at radius 1 is 1.14 bits per heavy atom. The van der Waals surface area contributed by atoms with Crippen molar-refractivity contribution in [2.75, 3.05) is 6.61 Å². The molecule has 1 aromatic rings. The lowest BCUT2D eigenvalue weighted by atomic mass is 9.99. The largest absolute Gasteiger partial charge is 0.490 e. The Morgan fingerprint density at radius 3 is 2.64 bits per heavy atom. The normalized spacial score (nSPS) is 38.3. The molecule has 7 heteroatoms. The quantitative estimate of drug-likeness (QED) is 0.674. The standard InChI is InChI=1S/C15H18O7/c1-7-11(16)13(18)14(19)15(21-7)22-10-6-20-9-5-3-2-4-8(9)12(10)17/h2-5,7,10-11,13-16,18-19H,6H2,1H3/t7-,10?,11-,13+,14+,15-/m0/s1. The summed E-state index contributed by atoms with van der Waals surface area (Å²) in [5, 5.41) is 29.3. The van der Waals surface area contributed by atoms with Gasteiger partial charge in [0.15, 0.2) is 18.2 Å². The fourth-order valence-electron chi connectivity index (χ4n) is 2.60. The van der Waals surface area contributed by atoms with Crippen molar-refractivity contribution >= 4 is 5.78 Å². The number of rotatable bonds is 2. The molecular weight excluding hydrogens is 292 g/mol. The van der Waals surface area contributed by atoms with Crippen LogP contribution < -0.4 is 4.74 Å². The highest BCUT2D eigenvalue weighted by molar-refractivity contribution is 6.02. The predicted molar refractivity (Wildman–Crippen MR) is 73.5 cm³/mol. The average molecular weight is 310 g/mol. The maximum Gasteiger partial charge on any atom is 0.198 e. The van der Waals surface area contributed by atoms with Gasteiger partial charge in [-0.3, -0.25) is 4.79 Å². The van der Waals surface area contributed by atoms with Gasteiger partial charge in [-0.1, -0.05) is 12.1 Å². The first-order valence-corrected chi connectivity index (χ1v) is 7.10. The summed E-state index contributed by atoms with van der Waals surface area (Å²) in [5.41, 5.74) is 0.401. The second-order valence-corrected chi connectivity index (χ2v) is 5.48. The van der Waals surface area contributed by atoms with Crippen molar-refractivity contribution in [2.45, 2.75) is 43.7 Å². The van der Waals surface area contributed by atoms with E-state index in [4.69, 9.17) is 14.2 Å². The zero-order valence-corrected chi connectivity index (χ0v) is 12.0. The molecule has 120 valence electrons. The number of hydrogen-bond donors (Lipinski definition) is 3. The van der Waals surface area contributed by atoms with Crippen LogP contribution in [0.4, 0.5) is 0 Å². The van der Waals surface area contributed by atoms with Gasteiger partial charge in [0, 0.05) is 0 Å². The van der Waals surface area contributed by atoms with Gasteiger partial charge in [0.1, 0.15) is 30.7 Å². The summed E-state index contributed by atoms with van der Waals surface area (Å²) in [4.78, 5) is 12.4. The van der Waals surface area contributed by atoms with E-state index in [2.05, 4.69) is 0 Å². The molecular formula is C15H18O7. The average Bonchev–Trinajstić information content (AvgIpc) is 2.53. The van der Waals surface area contributed by atoms with E-state index in [1.807, 2.05) is 0 Å². The zero-order valence-electron chi connectivity index (χ0n) is 12.0. The summed E-state index contributed by atoms with van der Waals surface area (Å²) < 4.78 is 16.3. The number of ketones is 1. The molecule has 2 aliphatic rings. The van der Waals surface area contributed by atoms with Crippen LogP contribution >= 0.6 is 0 Å². The number of Topliss-reactive ketones (excluding diaryl/α,β-unsaturated/α-hetero) is 1. The van der Waals surface area contributed by atoms with Crippen molar-refractivity contribution in [3.8, 4) is 5.75 Å². The lowest BCUT2D eigenvalue weighted by Gasteiger charge is -2.40. The van der Waals surface area contributed by atoms with E-state index in [-0.39, 0.29) is 12.4 Å². The summed E-state index contributed by atoms with van der Waals surface area (Å²) in [5.74, 6) is 0.215. The molecule has 3 N–H and O–H groups in total. The van der Waals surface area contributed by atoms with Crippen molar-refractivity contribution in [1.29, 1.82) is 0 Å². The maximum atomic E-state index is 12.4. The van der Waals surface area contributed by atoms with Gasteiger partial charge < -0.3 is 29.5 Å². The number of aliphatic hydroxyl groups is 3. The molecule has 0 aromatic heterocycles. The Kier molecular flexibility index (Phi) is 4.16. The van der Waals surface area contributed by atoms with Crippen molar-refractivity contribution in [3.05, 3.63) is 29.8 Å². The van der Waals surface area contributed by atoms with E-state index in [0.717, 1.165) is 0 Å². The molecule has 0 bridgehead atoms. The summed E-state index contributed by atoms with van der Waals surface area (Å²) in [6.45, 7) is 1.54. The van der Waals surface area contributed by atoms with E-state index in [1.54, 1.807) is 31.2 Å². The second-order valence-electron chi connectivity index (χ2n) is 5.48. The molecule has 1 fully saturated rings. The van der Waals surface area contributed by atoms with Crippen LogP contribution in [0, 0.1) is 0 Å². The van der Waals surface area contributed by atoms with Crippen LogP contribution in [0.3, 0.4) is 0 Å². The third-order valence-electron chi connectivity index (χ3n) is 3.94. The fraction of sp³-hybridized carbons (Fsp3) is 0.533. The number of carbonyl (C=O) groups excluding carboxylic acids is 1. The van der Waals surface area contributed by atoms with Gasteiger partial charge in [0.2, 0.25) is 0 Å². The van der Waals surface area contributed by atoms with Gasteiger partial charge in [-0.25, -0.2) is 0 Å².